The van der Waals surface area contributed by atoms with Crippen LogP contribution in [0.3, 0.4) is 0 Å². The fourth-order valence-electron chi connectivity index (χ4n) is 1.75. The van der Waals surface area contributed by atoms with Gasteiger partial charge in [0.25, 0.3) is 0 Å². The Labute approximate surface area is 127 Å². The SMILES string of the molecule is COc1ccc(CBr)c(OCOCc2ccccc2)c1. The second-order valence-corrected chi connectivity index (χ2v) is 4.76. The lowest BCUT2D eigenvalue weighted by Crippen LogP contribution is -2.04. The van der Waals surface area contributed by atoms with Crippen molar-refractivity contribution in [2.24, 2.45) is 0 Å². The Morgan fingerprint density at radius 2 is 1.85 bits per heavy atom. The van der Waals surface area contributed by atoms with Gasteiger partial charge in [-0.25, -0.2) is 0 Å². The van der Waals surface area contributed by atoms with E-state index in [4.69, 9.17) is 14.2 Å². The van der Waals surface area contributed by atoms with E-state index in [0.717, 1.165) is 28.0 Å². The van der Waals surface area contributed by atoms with Gasteiger partial charge in [-0.15, -0.1) is 0 Å². The van der Waals surface area contributed by atoms with Crippen molar-refractivity contribution in [3.8, 4) is 11.5 Å². The van der Waals surface area contributed by atoms with Gasteiger partial charge in [-0.3, -0.25) is 0 Å². The molecule has 0 spiro atoms. The summed E-state index contributed by atoms with van der Waals surface area (Å²) in [6.07, 6.45) is 0. The van der Waals surface area contributed by atoms with Gasteiger partial charge in [0, 0.05) is 17.0 Å². The maximum absolute atomic E-state index is 5.66. The summed E-state index contributed by atoms with van der Waals surface area (Å²) in [6, 6.07) is 15.8. The zero-order valence-electron chi connectivity index (χ0n) is 11.3. The molecule has 0 unspecified atom stereocenters. The largest absolute Gasteiger partial charge is 0.497 e. The molecule has 2 aromatic carbocycles. The van der Waals surface area contributed by atoms with E-state index >= 15 is 0 Å². The van der Waals surface area contributed by atoms with Crippen molar-refractivity contribution in [3.63, 3.8) is 0 Å². The molecule has 0 N–H and O–H groups in total. The number of halogens is 1. The fourth-order valence-corrected chi connectivity index (χ4v) is 2.21. The van der Waals surface area contributed by atoms with E-state index in [2.05, 4.69) is 15.9 Å². The predicted molar refractivity (Wildman–Crippen MR) is 82.4 cm³/mol. The highest BCUT2D eigenvalue weighted by atomic mass is 79.9. The van der Waals surface area contributed by atoms with Crippen LogP contribution in [0.2, 0.25) is 0 Å². The summed E-state index contributed by atoms with van der Waals surface area (Å²) in [5.41, 5.74) is 2.19. The minimum Gasteiger partial charge on any atom is -0.497 e. The highest BCUT2D eigenvalue weighted by Crippen LogP contribution is 2.26. The van der Waals surface area contributed by atoms with Crippen LogP contribution in [-0.2, 0) is 16.7 Å². The quantitative estimate of drug-likeness (QED) is 0.432. The fraction of sp³-hybridized carbons (Fsp3) is 0.250. The molecule has 0 aliphatic rings. The third kappa shape index (κ3) is 4.25. The van der Waals surface area contributed by atoms with Crippen molar-refractivity contribution < 1.29 is 14.2 Å². The van der Waals surface area contributed by atoms with Gasteiger partial charge in [-0.2, -0.15) is 0 Å². The smallest absolute Gasteiger partial charge is 0.189 e. The van der Waals surface area contributed by atoms with Crippen molar-refractivity contribution in [1.29, 1.82) is 0 Å². The lowest BCUT2D eigenvalue weighted by atomic mass is 10.2. The van der Waals surface area contributed by atoms with Crippen LogP contribution in [0.5, 0.6) is 11.5 Å². The molecular formula is C16H17BrO3. The summed E-state index contributed by atoms with van der Waals surface area (Å²) in [5.74, 6) is 1.54. The van der Waals surface area contributed by atoms with E-state index in [-0.39, 0.29) is 6.79 Å². The van der Waals surface area contributed by atoms with Crippen LogP contribution in [0.15, 0.2) is 48.5 Å². The highest BCUT2D eigenvalue weighted by Gasteiger charge is 2.05. The van der Waals surface area contributed by atoms with Gasteiger partial charge < -0.3 is 14.2 Å². The standard InChI is InChI=1S/C16H17BrO3/c1-18-15-8-7-14(10-17)16(9-15)20-12-19-11-13-5-3-2-4-6-13/h2-9H,10-12H2,1H3. The van der Waals surface area contributed by atoms with E-state index < -0.39 is 0 Å². The molecule has 2 aromatic rings. The second-order valence-electron chi connectivity index (χ2n) is 4.20. The number of rotatable bonds is 7. The Balaban J connectivity index is 1.87. The van der Waals surface area contributed by atoms with Crippen LogP contribution in [0, 0.1) is 0 Å². The topological polar surface area (TPSA) is 27.7 Å². The van der Waals surface area contributed by atoms with Crippen LogP contribution in [0.4, 0.5) is 0 Å². The third-order valence-electron chi connectivity index (χ3n) is 2.83. The first-order valence-corrected chi connectivity index (χ1v) is 7.43. The maximum Gasteiger partial charge on any atom is 0.189 e. The Morgan fingerprint density at radius 3 is 2.55 bits per heavy atom. The molecule has 0 saturated heterocycles. The molecule has 0 heterocycles. The number of methoxy groups -OCH3 is 1. The minimum atomic E-state index is 0.210. The molecule has 0 atom stereocenters. The average molecular weight is 337 g/mol. The molecule has 2 rings (SSSR count). The molecule has 0 radical (unpaired) electrons. The van der Waals surface area contributed by atoms with Crippen molar-refractivity contribution >= 4 is 15.9 Å². The summed E-state index contributed by atoms with van der Waals surface area (Å²) in [5, 5.41) is 0.727. The van der Waals surface area contributed by atoms with E-state index in [1.165, 1.54) is 0 Å². The van der Waals surface area contributed by atoms with Gasteiger partial charge in [0.1, 0.15) is 11.5 Å². The summed E-state index contributed by atoms with van der Waals surface area (Å²) >= 11 is 3.44. The molecule has 0 amide bonds. The Hall–Kier alpha value is -1.52. The van der Waals surface area contributed by atoms with Crippen molar-refractivity contribution in [1.82, 2.24) is 0 Å². The monoisotopic (exact) mass is 336 g/mol. The van der Waals surface area contributed by atoms with Gasteiger partial charge in [-0.1, -0.05) is 52.3 Å². The maximum atomic E-state index is 5.66. The Morgan fingerprint density at radius 1 is 1.05 bits per heavy atom. The zero-order valence-corrected chi connectivity index (χ0v) is 12.9. The molecule has 0 aliphatic carbocycles. The molecule has 20 heavy (non-hydrogen) atoms. The minimum absolute atomic E-state index is 0.210. The molecule has 0 saturated carbocycles. The third-order valence-corrected chi connectivity index (χ3v) is 3.43. The van der Waals surface area contributed by atoms with E-state index in [1.807, 2.05) is 48.5 Å². The summed E-state index contributed by atoms with van der Waals surface area (Å²) in [4.78, 5) is 0. The summed E-state index contributed by atoms with van der Waals surface area (Å²) < 4.78 is 16.4. The van der Waals surface area contributed by atoms with Crippen LogP contribution < -0.4 is 9.47 Å². The number of benzene rings is 2. The Bertz CT molecular complexity index is 529. The van der Waals surface area contributed by atoms with Crippen molar-refractivity contribution in [2.45, 2.75) is 11.9 Å². The van der Waals surface area contributed by atoms with Gasteiger partial charge in [-0.05, 0) is 11.6 Å². The van der Waals surface area contributed by atoms with Crippen LogP contribution >= 0.6 is 15.9 Å². The van der Waals surface area contributed by atoms with E-state index in [0.29, 0.717) is 6.61 Å². The van der Waals surface area contributed by atoms with Gasteiger partial charge in [0.2, 0.25) is 0 Å². The normalized spacial score (nSPS) is 10.3. The lowest BCUT2D eigenvalue weighted by Gasteiger charge is -2.12. The first kappa shape index (κ1) is 14.9. The van der Waals surface area contributed by atoms with Gasteiger partial charge in [0.05, 0.1) is 13.7 Å². The molecule has 0 aromatic heterocycles. The van der Waals surface area contributed by atoms with E-state index in [1.54, 1.807) is 7.11 Å². The number of hydrogen-bond acceptors (Lipinski definition) is 3. The molecule has 4 heteroatoms. The first-order chi connectivity index (χ1) is 9.83. The average Bonchev–Trinajstić information content (AvgIpc) is 2.52. The zero-order chi connectivity index (χ0) is 14.2. The lowest BCUT2D eigenvalue weighted by molar-refractivity contribution is 0.00457. The van der Waals surface area contributed by atoms with Crippen molar-refractivity contribution in [2.75, 3.05) is 13.9 Å². The molecule has 106 valence electrons. The molecule has 0 bridgehead atoms. The molecular weight excluding hydrogens is 320 g/mol. The first-order valence-electron chi connectivity index (χ1n) is 6.31. The second kappa shape index (κ2) is 7.92. The number of hydrogen-bond donors (Lipinski definition) is 0. The van der Waals surface area contributed by atoms with Crippen LogP contribution in [0.25, 0.3) is 0 Å². The predicted octanol–water partition coefficient (Wildman–Crippen LogP) is 4.14. The molecule has 0 fully saturated rings. The van der Waals surface area contributed by atoms with Crippen LogP contribution in [0.1, 0.15) is 11.1 Å². The van der Waals surface area contributed by atoms with Crippen molar-refractivity contribution in [3.05, 3.63) is 59.7 Å². The van der Waals surface area contributed by atoms with E-state index in [9.17, 15) is 0 Å². The molecule has 0 aliphatic heterocycles. The van der Waals surface area contributed by atoms with Gasteiger partial charge >= 0.3 is 0 Å². The Kier molecular flexibility index (Phi) is 5.89. The summed E-state index contributed by atoms with van der Waals surface area (Å²) in [6.45, 7) is 0.747. The molecule has 3 nitrogen and oxygen atoms in total. The summed E-state index contributed by atoms with van der Waals surface area (Å²) in [7, 11) is 1.64. The number of alkyl halides is 1. The van der Waals surface area contributed by atoms with Gasteiger partial charge in [0.15, 0.2) is 6.79 Å². The highest BCUT2D eigenvalue weighted by molar-refractivity contribution is 9.08. The van der Waals surface area contributed by atoms with Crippen LogP contribution in [-0.4, -0.2) is 13.9 Å². The number of ether oxygens (including phenoxy) is 3.